The van der Waals surface area contributed by atoms with Crippen molar-refractivity contribution in [3.63, 3.8) is 0 Å². The summed E-state index contributed by atoms with van der Waals surface area (Å²) in [4.78, 5) is 1.00. The lowest BCUT2D eigenvalue weighted by atomic mass is 10.2. The number of benzene rings is 2. The molecule has 88 valence electrons. The van der Waals surface area contributed by atoms with Gasteiger partial charge in [0.05, 0.1) is 10.0 Å². The van der Waals surface area contributed by atoms with Crippen molar-refractivity contribution in [2.75, 3.05) is 0 Å². The molecule has 0 aliphatic carbocycles. The van der Waals surface area contributed by atoms with Crippen LogP contribution in [0, 0.1) is 0 Å². The van der Waals surface area contributed by atoms with Crippen molar-refractivity contribution in [3.05, 3.63) is 58.1 Å². The number of halogens is 2. The van der Waals surface area contributed by atoms with E-state index in [1.807, 2.05) is 24.3 Å². The van der Waals surface area contributed by atoms with Crippen molar-refractivity contribution in [3.8, 4) is 5.75 Å². The molecule has 2 aromatic rings. The molecular formula is C13H10Cl2OS. The minimum Gasteiger partial charge on any atom is -0.508 e. The summed E-state index contributed by atoms with van der Waals surface area (Å²) in [5.74, 6) is 0.996. The first-order valence-corrected chi connectivity index (χ1v) is 6.75. The molecule has 4 heteroatoms. The number of rotatable bonds is 3. The molecule has 0 saturated carbocycles. The van der Waals surface area contributed by atoms with E-state index < -0.39 is 0 Å². The Morgan fingerprint density at radius 1 is 1.06 bits per heavy atom. The standard InChI is InChI=1S/C13H10Cl2OS/c14-12-6-1-3-9(13(12)15)8-17-11-5-2-4-10(16)7-11/h1-7,16H,8H2. The van der Waals surface area contributed by atoms with Gasteiger partial charge in [-0.3, -0.25) is 0 Å². The van der Waals surface area contributed by atoms with Gasteiger partial charge in [0.15, 0.2) is 0 Å². The van der Waals surface area contributed by atoms with Crippen molar-refractivity contribution >= 4 is 35.0 Å². The molecule has 17 heavy (non-hydrogen) atoms. The fourth-order valence-corrected chi connectivity index (χ4v) is 2.80. The van der Waals surface area contributed by atoms with Crippen molar-refractivity contribution in [1.82, 2.24) is 0 Å². The van der Waals surface area contributed by atoms with Gasteiger partial charge in [-0.1, -0.05) is 41.4 Å². The van der Waals surface area contributed by atoms with Gasteiger partial charge in [-0.25, -0.2) is 0 Å². The van der Waals surface area contributed by atoms with Crippen LogP contribution in [0.25, 0.3) is 0 Å². The van der Waals surface area contributed by atoms with Crippen molar-refractivity contribution < 1.29 is 5.11 Å². The van der Waals surface area contributed by atoms with E-state index in [2.05, 4.69) is 0 Å². The Bertz CT molecular complexity index is 529. The quantitative estimate of drug-likeness (QED) is 0.801. The molecule has 0 aromatic heterocycles. The third-order valence-corrected chi connectivity index (χ3v) is 4.14. The van der Waals surface area contributed by atoms with Crippen LogP contribution in [0.5, 0.6) is 5.75 Å². The largest absolute Gasteiger partial charge is 0.508 e. The highest BCUT2D eigenvalue weighted by molar-refractivity contribution is 7.98. The first-order valence-electron chi connectivity index (χ1n) is 5.01. The van der Waals surface area contributed by atoms with Gasteiger partial charge in [0, 0.05) is 10.6 Å². The summed E-state index contributed by atoms with van der Waals surface area (Å²) in [6, 6.07) is 12.7. The van der Waals surface area contributed by atoms with Crippen LogP contribution in [0.15, 0.2) is 47.4 Å². The zero-order valence-corrected chi connectivity index (χ0v) is 11.2. The maximum absolute atomic E-state index is 9.35. The molecule has 0 unspecified atom stereocenters. The molecule has 0 bridgehead atoms. The van der Waals surface area contributed by atoms with Gasteiger partial charge in [0.25, 0.3) is 0 Å². The third kappa shape index (κ3) is 3.32. The number of hydrogen-bond donors (Lipinski definition) is 1. The van der Waals surface area contributed by atoms with Gasteiger partial charge in [-0.2, -0.15) is 0 Å². The second-order valence-corrected chi connectivity index (χ2v) is 5.33. The van der Waals surface area contributed by atoms with E-state index in [0.29, 0.717) is 10.0 Å². The molecule has 0 atom stereocenters. The zero-order valence-electron chi connectivity index (χ0n) is 8.86. The third-order valence-electron chi connectivity index (χ3n) is 2.24. The number of aromatic hydroxyl groups is 1. The average molecular weight is 285 g/mol. The smallest absolute Gasteiger partial charge is 0.116 e. The Kier molecular flexibility index (Phi) is 4.21. The van der Waals surface area contributed by atoms with Crippen LogP contribution in [0.2, 0.25) is 10.0 Å². The van der Waals surface area contributed by atoms with Gasteiger partial charge in [0.1, 0.15) is 5.75 Å². The molecule has 0 aliphatic heterocycles. The lowest BCUT2D eigenvalue weighted by Gasteiger charge is -2.05. The maximum Gasteiger partial charge on any atom is 0.116 e. The second kappa shape index (κ2) is 5.67. The molecule has 2 aromatic carbocycles. The average Bonchev–Trinajstić information content (AvgIpc) is 2.31. The molecule has 0 saturated heterocycles. The van der Waals surface area contributed by atoms with Crippen LogP contribution in [0.4, 0.5) is 0 Å². The molecule has 0 radical (unpaired) electrons. The lowest BCUT2D eigenvalue weighted by molar-refractivity contribution is 0.474. The van der Waals surface area contributed by atoms with Gasteiger partial charge in [0.2, 0.25) is 0 Å². The summed E-state index contributed by atoms with van der Waals surface area (Å²) in [6.07, 6.45) is 0. The normalized spacial score (nSPS) is 10.5. The lowest BCUT2D eigenvalue weighted by Crippen LogP contribution is -1.83. The van der Waals surface area contributed by atoms with Crippen molar-refractivity contribution in [2.24, 2.45) is 0 Å². The van der Waals surface area contributed by atoms with Crippen LogP contribution in [0.3, 0.4) is 0 Å². The molecule has 0 heterocycles. The Hall–Kier alpha value is -0.830. The van der Waals surface area contributed by atoms with E-state index in [0.717, 1.165) is 16.2 Å². The van der Waals surface area contributed by atoms with E-state index in [9.17, 15) is 5.11 Å². The number of phenols is 1. The van der Waals surface area contributed by atoms with Crippen LogP contribution in [0.1, 0.15) is 5.56 Å². The fourth-order valence-electron chi connectivity index (χ4n) is 1.39. The van der Waals surface area contributed by atoms with E-state index >= 15 is 0 Å². The van der Waals surface area contributed by atoms with Crippen molar-refractivity contribution in [1.29, 1.82) is 0 Å². The van der Waals surface area contributed by atoms with Crippen LogP contribution >= 0.6 is 35.0 Å². The van der Waals surface area contributed by atoms with Crippen molar-refractivity contribution in [2.45, 2.75) is 10.6 Å². The van der Waals surface area contributed by atoms with E-state index in [4.69, 9.17) is 23.2 Å². The number of thioether (sulfide) groups is 1. The first kappa shape index (κ1) is 12.6. The maximum atomic E-state index is 9.35. The van der Waals surface area contributed by atoms with E-state index in [1.54, 1.807) is 30.0 Å². The van der Waals surface area contributed by atoms with E-state index in [1.165, 1.54) is 0 Å². The summed E-state index contributed by atoms with van der Waals surface area (Å²) in [5, 5.41) is 10.5. The monoisotopic (exact) mass is 284 g/mol. The zero-order chi connectivity index (χ0) is 12.3. The van der Waals surface area contributed by atoms with Gasteiger partial charge in [-0.15, -0.1) is 11.8 Å². The SMILES string of the molecule is Oc1cccc(SCc2cccc(Cl)c2Cl)c1. The molecule has 0 spiro atoms. The summed E-state index contributed by atoms with van der Waals surface area (Å²) in [7, 11) is 0. The molecule has 0 aliphatic rings. The molecule has 0 amide bonds. The Labute approximate surface area is 114 Å². The van der Waals surface area contributed by atoms with Crippen LogP contribution in [-0.2, 0) is 5.75 Å². The van der Waals surface area contributed by atoms with E-state index in [-0.39, 0.29) is 5.75 Å². The molecule has 2 rings (SSSR count). The van der Waals surface area contributed by atoms with Crippen LogP contribution < -0.4 is 0 Å². The molecule has 1 N–H and O–H groups in total. The molecular weight excluding hydrogens is 275 g/mol. The van der Waals surface area contributed by atoms with Crippen LogP contribution in [-0.4, -0.2) is 5.11 Å². The summed E-state index contributed by atoms with van der Waals surface area (Å²) >= 11 is 13.6. The fraction of sp³-hybridized carbons (Fsp3) is 0.0769. The van der Waals surface area contributed by atoms with Gasteiger partial charge in [-0.05, 0) is 29.8 Å². The summed E-state index contributed by atoms with van der Waals surface area (Å²) in [6.45, 7) is 0. The predicted octanol–water partition coefficient (Wildman–Crippen LogP) is 4.99. The molecule has 1 nitrogen and oxygen atoms in total. The Morgan fingerprint density at radius 3 is 2.59 bits per heavy atom. The summed E-state index contributed by atoms with van der Waals surface area (Å²) < 4.78 is 0. The van der Waals surface area contributed by atoms with Gasteiger partial charge < -0.3 is 5.11 Å². The van der Waals surface area contributed by atoms with Gasteiger partial charge >= 0.3 is 0 Å². The highest BCUT2D eigenvalue weighted by Gasteiger charge is 2.05. The second-order valence-electron chi connectivity index (χ2n) is 3.50. The highest BCUT2D eigenvalue weighted by atomic mass is 35.5. The topological polar surface area (TPSA) is 20.2 Å². The minimum absolute atomic E-state index is 0.271. The summed E-state index contributed by atoms with van der Waals surface area (Å²) in [5.41, 5.74) is 0.993. The number of hydrogen-bond acceptors (Lipinski definition) is 2. The predicted molar refractivity (Wildman–Crippen MR) is 74.1 cm³/mol. The minimum atomic E-state index is 0.271. The number of phenolic OH excluding ortho intramolecular Hbond substituents is 1. The molecule has 0 fully saturated rings. The highest BCUT2D eigenvalue weighted by Crippen LogP contribution is 2.31. The Balaban J connectivity index is 2.10. The first-order chi connectivity index (χ1) is 8.16. The Morgan fingerprint density at radius 2 is 1.82 bits per heavy atom.